The predicted molar refractivity (Wildman–Crippen MR) is 84.0 cm³/mol. The number of nitrogens with two attached hydrogens (primary N) is 1. The standard InChI is InChI=1S/C17H24N4/c18-14(12-15-6-4-5-10-19-15)13-16-9-11-21(20-16)17-7-2-1-3-8-17/h4-6,9-11,14,17H,1-3,7-8,12-13,18H2. The van der Waals surface area contributed by atoms with Crippen LogP contribution in [0.25, 0.3) is 0 Å². The Bertz CT molecular complexity index is 543. The van der Waals surface area contributed by atoms with Crippen LogP contribution in [0.1, 0.15) is 49.5 Å². The molecule has 4 heteroatoms. The lowest BCUT2D eigenvalue weighted by Gasteiger charge is -2.21. The van der Waals surface area contributed by atoms with E-state index in [1.807, 2.05) is 24.4 Å². The molecule has 1 atom stereocenters. The molecule has 1 aliphatic carbocycles. The van der Waals surface area contributed by atoms with Gasteiger partial charge in [0.15, 0.2) is 0 Å². The SMILES string of the molecule is NC(Cc1ccccn1)Cc1ccn(C2CCCCC2)n1. The van der Waals surface area contributed by atoms with Gasteiger partial charge >= 0.3 is 0 Å². The Kier molecular flexibility index (Phi) is 4.65. The van der Waals surface area contributed by atoms with E-state index in [1.54, 1.807) is 0 Å². The third kappa shape index (κ3) is 3.91. The van der Waals surface area contributed by atoms with Gasteiger partial charge in [-0.05, 0) is 31.0 Å². The molecule has 0 radical (unpaired) electrons. The van der Waals surface area contributed by atoms with E-state index >= 15 is 0 Å². The van der Waals surface area contributed by atoms with Gasteiger partial charge in [-0.2, -0.15) is 5.10 Å². The zero-order valence-corrected chi connectivity index (χ0v) is 12.5. The van der Waals surface area contributed by atoms with Crippen molar-refractivity contribution in [3.63, 3.8) is 0 Å². The van der Waals surface area contributed by atoms with E-state index < -0.39 is 0 Å². The highest BCUT2D eigenvalue weighted by molar-refractivity contribution is 5.08. The maximum absolute atomic E-state index is 6.24. The van der Waals surface area contributed by atoms with Gasteiger partial charge in [-0.3, -0.25) is 9.67 Å². The van der Waals surface area contributed by atoms with E-state index in [2.05, 4.69) is 21.9 Å². The molecule has 2 heterocycles. The van der Waals surface area contributed by atoms with E-state index in [0.29, 0.717) is 6.04 Å². The minimum Gasteiger partial charge on any atom is -0.327 e. The fourth-order valence-corrected chi connectivity index (χ4v) is 3.16. The summed E-state index contributed by atoms with van der Waals surface area (Å²) in [7, 11) is 0. The van der Waals surface area contributed by atoms with Crippen LogP contribution in [-0.4, -0.2) is 20.8 Å². The van der Waals surface area contributed by atoms with Crippen LogP contribution in [0, 0.1) is 0 Å². The first kappa shape index (κ1) is 14.3. The molecule has 1 unspecified atom stereocenters. The first-order chi connectivity index (χ1) is 10.3. The summed E-state index contributed by atoms with van der Waals surface area (Å²) in [5.74, 6) is 0. The van der Waals surface area contributed by atoms with Crippen molar-refractivity contribution in [3.8, 4) is 0 Å². The van der Waals surface area contributed by atoms with Crippen molar-refractivity contribution >= 4 is 0 Å². The molecule has 2 aromatic rings. The van der Waals surface area contributed by atoms with Crippen molar-refractivity contribution in [2.75, 3.05) is 0 Å². The van der Waals surface area contributed by atoms with Crippen molar-refractivity contribution in [2.24, 2.45) is 5.73 Å². The van der Waals surface area contributed by atoms with Crippen molar-refractivity contribution in [1.82, 2.24) is 14.8 Å². The Morgan fingerprint density at radius 1 is 1.10 bits per heavy atom. The van der Waals surface area contributed by atoms with Gasteiger partial charge in [0, 0.05) is 37.0 Å². The molecule has 0 aliphatic heterocycles. The summed E-state index contributed by atoms with van der Waals surface area (Å²) in [6.45, 7) is 0. The molecule has 21 heavy (non-hydrogen) atoms. The summed E-state index contributed by atoms with van der Waals surface area (Å²) < 4.78 is 2.15. The largest absolute Gasteiger partial charge is 0.327 e. The van der Waals surface area contributed by atoms with E-state index in [4.69, 9.17) is 10.8 Å². The Balaban J connectivity index is 1.56. The Hall–Kier alpha value is -1.68. The van der Waals surface area contributed by atoms with Crippen LogP contribution in [0.15, 0.2) is 36.7 Å². The van der Waals surface area contributed by atoms with Gasteiger partial charge in [-0.25, -0.2) is 0 Å². The second-order valence-electron chi connectivity index (χ2n) is 6.07. The minimum atomic E-state index is 0.0783. The molecule has 3 rings (SSSR count). The third-order valence-corrected chi connectivity index (χ3v) is 4.28. The predicted octanol–water partition coefficient (Wildman–Crippen LogP) is 2.90. The van der Waals surface area contributed by atoms with Gasteiger partial charge in [0.2, 0.25) is 0 Å². The fourth-order valence-electron chi connectivity index (χ4n) is 3.16. The minimum absolute atomic E-state index is 0.0783. The van der Waals surface area contributed by atoms with Crippen LogP contribution < -0.4 is 5.73 Å². The number of pyridine rings is 1. The first-order valence-electron chi connectivity index (χ1n) is 8.01. The summed E-state index contributed by atoms with van der Waals surface area (Å²) in [6, 6.07) is 8.76. The van der Waals surface area contributed by atoms with Gasteiger partial charge < -0.3 is 5.73 Å². The molecule has 1 aliphatic rings. The molecule has 2 N–H and O–H groups in total. The smallest absolute Gasteiger partial charge is 0.0640 e. The van der Waals surface area contributed by atoms with Crippen molar-refractivity contribution < 1.29 is 0 Å². The van der Waals surface area contributed by atoms with Crippen molar-refractivity contribution in [2.45, 2.75) is 57.0 Å². The average molecular weight is 284 g/mol. The molecule has 1 fully saturated rings. The molecule has 0 bridgehead atoms. The van der Waals surface area contributed by atoms with Gasteiger partial charge in [0.25, 0.3) is 0 Å². The summed E-state index contributed by atoms with van der Waals surface area (Å²) >= 11 is 0. The molecule has 0 saturated heterocycles. The summed E-state index contributed by atoms with van der Waals surface area (Å²) in [5, 5.41) is 4.73. The monoisotopic (exact) mass is 284 g/mol. The maximum Gasteiger partial charge on any atom is 0.0640 e. The Morgan fingerprint density at radius 3 is 2.67 bits per heavy atom. The van der Waals surface area contributed by atoms with Crippen LogP contribution in [-0.2, 0) is 12.8 Å². The second-order valence-corrected chi connectivity index (χ2v) is 6.07. The lowest BCUT2D eigenvalue weighted by Crippen LogP contribution is -2.26. The van der Waals surface area contributed by atoms with E-state index in [9.17, 15) is 0 Å². The highest BCUT2D eigenvalue weighted by Gasteiger charge is 2.16. The summed E-state index contributed by atoms with van der Waals surface area (Å²) in [5.41, 5.74) is 8.39. The van der Waals surface area contributed by atoms with Crippen LogP contribution in [0.3, 0.4) is 0 Å². The highest BCUT2D eigenvalue weighted by Crippen LogP contribution is 2.27. The number of hydrogen-bond acceptors (Lipinski definition) is 3. The molecule has 0 amide bonds. The van der Waals surface area contributed by atoms with Gasteiger partial charge in [-0.15, -0.1) is 0 Å². The Morgan fingerprint density at radius 2 is 1.90 bits per heavy atom. The van der Waals surface area contributed by atoms with E-state index in [0.717, 1.165) is 24.2 Å². The molecule has 4 nitrogen and oxygen atoms in total. The van der Waals surface area contributed by atoms with E-state index in [1.165, 1.54) is 32.1 Å². The fraction of sp³-hybridized carbons (Fsp3) is 0.529. The number of aromatic nitrogens is 3. The summed E-state index contributed by atoms with van der Waals surface area (Å²) in [4.78, 5) is 4.33. The summed E-state index contributed by atoms with van der Waals surface area (Å²) in [6.07, 6.45) is 12.1. The van der Waals surface area contributed by atoms with Gasteiger partial charge in [0.05, 0.1) is 11.7 Å². The van der Waals surface area contributed by atoms with Crippen LogP contribution in [0.5, 0.6) is 0 Å². The normalized spacial score (nSPS) is 17.8. The van der Waals surface area contributed by atoms with Crippen LogP contribution in [0.4, 0.5) is 0 Å². The second kappa shape index (κ2) is 6.85. The topological polar surface area (TPSA) is 56.7 Å². The van der Waals surface area contributed by atoms with Gasteiger partial charge in [0.1, 0.15) is 0 Å². The average Bonchev–Trinajstić information content (AvgIpc) is 2.97. The van der Waals surface area contributed by atoms with Crippen molar-refractivity contribution in [1.29, 1.82) is 0 Å². The first-order valence-corrected chi connectivity index (χ1v) is 8.01. The lowest BCUT2D eigenvalue weighted by atomic mass is 9.96. The molecule has 2 aromatic heterocycles. The molecule has 0 aromatic carbocycles. The molecule has 112 valence electrons. The van der Waals surface area contributed by atoms with E-state index in [-0.39, 0.29) is 6.04 Å². The molecular formula is C17H24N4. The number of rotatable bonds is 5. The van der Waals surface area contributed by atoms with Crippen LogP contribution in [0.2, 0.25) is 0 Å². The quantitative estimate of drug-likeness (QED) is 0.918. The van der Waals surface area contributed by atoms with Crippen LogP contribution >= 0.6 is 0 Å². The Labute approximate surface area is 126 Å². The third-order valence-electron chi connectivity index (χ3n) is 4.28. The number of hydrogen-bond donors (Lipinski definition) is 1. The van der Waals surface area contributed by atoms with Gasteiger partial charge in [-0.1, -0.05) is 25.3 Å². The maximum atomic E-state index is 6.24. The molecular weight excluding hydrogens is 260 g/mol. The lowest BCUT2D eigenvalue weighted by molar-refractivity contribution is 0.328. The highest BCUT2D eigenvalue weighted by atomic mass is 15.3. The molecule has 0 spiro atoms. The zero-order chi connectivity index (χ0) is 14.5. The molecule has 1 saturated carbocycles. The van der Waals surface area contributed by atoms with Crippen molar-refractivity contribution in [3.05, 3.63) is 48.0 Å². The number of nitrogens with zero attached hydrogens (tertiary/aromatic N) is 3. The zero-order valence-electron chi connectivity index (χ0n) is 12.5.